The standard InChI is InChI=1S/C19H31FN4O/c1-5-21-19(22-12-14(2)24(4)16-10-11-16)23-13-15(3)25-18-9-7-6-8-17(18)20/h6-9,14-16H,5,10-13H2,1-4H3,(H2,21,22,23). The number of likely N-dealkylation sites (N-methyl/N-ethyl adjacent to an activating group) is 1. The second-order valence-corrected chi connectivity index (χ2v) is 6.71. The molecule has 6 heteroatoms. The van der Waals surface area contributed by atoms with Crippen LogP contribution in [0.25, 0.3) is 0 Å². The molecule has 0 radical (unpaired) electrons. The number of nitrogens with one attached hydrogen (secondary N) is 2. The molecule has 1 aliphatic rings. The van der Waals surface area contributed by atoms with Gasteiger partial charge in [0.1, 0.15) is 6.10 Å². The first kappa shape index (κ1) is 19.5. The number of ether oxygens (including phenoxy) is 1. The fraction of sp³-hybridized carbons (Fsp3) is 0.632. The molecule has 140 valence electrons. The second-order valence-electron chi connectivity index (χ2n) is 6.71. The Morgan fingerprint density at radius 2 is 2.04 bits per heavy atom. The van der Waals surface area contributed by atoms with E-state index in [2.05, 4.69) is 34.5 Å². The Morgan fingerprint density at radius 1 is 1.32 bits per heavy atom. The first-order valence-electron chi connectivity index (χ1n) is 9.16. The maximum Gasteiger partial charge on any atom is 0.191 e. The number of halogens is 1. The van der Waals surface area contributed by atoms with Crippen molar-refractivity contribution in [3.05, 3.63) is 30.1 Å². The van der Waals surface area contributed by atoms with E-state index in [1.165, 1.54) is 18.9 Å². The summed E-state index contributed by atoms with van der Waals surface area (Å²) in [6, 6.07) is 7.60. The third kappa shape index (κ3) is 6.53. The van der Waals surface area contributed by atoms with Crippen LogP contribution in [0.4, 0.5) is 4.39 Å². The molecule has 0 saturated heterocycles. The summed E-state index contributed by atoms with van der Waals surface area (Å²) in [6.45, 7) is 8.23. The number of benzene rings is 1. The summed E-state index contributed by atoms with van der Waals surface area (Å²) >= 11 is 0. The third-order valence-corrected chi connectivity index (χ3v) is 4.40. The summed E-state index contributed by atoms with van der Waals surface area (Å²) in [5.41, 5.74) is 0. The van der Waals surface area contributed by atoms with Crippen molar-refractivity contribution < 1.29 is 9.13 Å². The van der Waals surface area contributed by atoms with E-state index in [9.17, 15) is 4.39 Å². The number of hydrogen-bond donors (Lipinski definition) is 2. The number of guanidine groups is 1. The van der Waals surface area contributed by atoms with E-state index in [0.717, 1.165) is 25.1 Å². The van der Waals surface area contributed by atoms with Gasteiger partial charge in [-0.05, 0) is 52.8 Å². The highest BCUT2D eigenvalue weighted by Crippen LogP contribution is 2.26. The molecule has 1 aliphatic carbocycles. The molecule has 0 aliphatic heterocycles. The number of hydrogen-bond acceptors (Lipinski definition) is 3. The molecule has 0 spiro atoms. The molecule has 2 rings (SSSR count). The minimum atomic E-state index is -0.341. The highest BCUT2D eigenvalue weighted by molar-refractivity contribution is 5.79. The molecule has 1 saturated carbocycles. The maximum absolute atomic E-state index is 13.6. The zero-order chi connectivity index (χ0) is 18.2. The lowest BCUT2D eigenvalue weighted by atomic mass is 10.3. The van der Waals surface area contributed by atoms with Crippen molar-refractivity contribution in [3.63, 3.8) is 0 Å². The number of aliphatic imine (C=N–C) groups is 1. The van der Waals surface area contributed by atoms with Crippen molar-refractivity contribution in [1.82, 2.24) is 15.5 Å². The Balaban J connectivity index is 1.81. The quantitative estimate of drug-likeness (QED) is 0.531. The smallest absolute Gasteiger partial charge is 0.191 e. The fourth-order valence-corrected chi connectivity index (χ4v) is 2.57. The van der Waals surface area contributed by atoms with Crippen LogP contribution in [-0.4, -0.2) is 55.7 Å². The minimum Gasteiger partial charge on any atom is -0.486 e. The number of para-hydroxylation sites is 1. The summed E-state index contributed by atoms with van der Waals surface area (Å²) < 4.78 is 19.3. The van der Waals surface area contributed by atoms with E-state index in [1.807, 2.05) is 13.8 Å². The summed E-state index contributed by atoms with van der Waals surface area (Å²) in [7, 11) is 2.17. The van der Waals surface area contributed by atoms with E-state index in [4.69, 9.17) is 4.74 Å². The molecular weight excluding hydrogens is 319 g/mol. The van der Waals surface area contributed by atoms with Crippen LogP contribution in [0, 0.1) is 5.82 Å². The van der Waals surface area contributed by atoms with Crippen LogP contribution in [0.15, 0.2) is 29.3 Å². The van der Waals surface area contributed by atoms with E-state index >= 15 is 0 Å². The van der Waals surface area contributed by atoms with Crippen molar-refractivity contribution in [2.24, 2.45) is 4.99 Å². The van der Waals surface area contributed by atoms with Gasteiger partial charge >= 0.3 is 0 Å². The van der Waals surface area contributed by atoms with Gasteiger partial charge in [0.15, 0.2) is 17.5 Å². The average Bonchev–Trinajstić information content (AvgIpc) is 3.43. The van der Waals surface area contributed by atoms with Crippen LogP contribution in [0.1, 0.15) is 33.6 Å². The molecule has 2 unspecified atom stereocenters. The Kier molecular flexibility index (Phi) is 7.50. The third-order valence-electron chi connectivity index (χ3n) is 4.40. The van der Waals surface area contributed by atoms with Crippen molar-refractivity contribution in [2.45, 2.75) is 51.8 Å². The SMILES string of the molecule is CCNC(=NCC(C)N(C)C1CC1)NCC(C)Oc1ccccc1F. The lowest BCUT2D eigenvalue weighted by Gasteiger charge is -2.23. The number of rotatable bonds is 9. The van der Waals surface area contributed by atoms with Crippen LogP contribution in [0.3, 0.4) is 0 Å². The molecule has 0 amide bonds. The molecule has 5 nitrogen and oxygen atoms in total. The fourth-order valence-electron chi connectivity index (χ4n) is 2.57. The summed E-state index contributed by atoms with van der Waals surface area (Å²) in [5.74, 6) is 0.702. The summed E-state index contributed by atoms with van der Waals surface area (Å²) in [4.78, 5) is 7.06. The zero-order valence-electron chi connectivity index (χ0n) is 15.8. The highest BCUT2D eigenvalue weighted by atomic mass is 19.1. The lowest BCUT2D eigenvalue weighted by molar-refractivity contribution is 0.214. The second kappa shape index (κ2) is 9.61. The van der Waals surface area contributed by atoms with Crippen molar-refractivity contribution in [2.75, 3.05) is 26.7 Å². The van der Waals surface area contributed by atoms with Crippen LogP contribution in [-0.2, 0) is 0 Å². The van der Waals surface area contributed by atoms with Crippen molar-refractivity contribution >= 4 is 5.96 Å². The van der Waals surface area contributed by atoms with Crippen molar-refractivity contribution in [3.8, 4) is 5.75 Å². The molecule has 25 heavy (non-hydrogen) atoms. The van der Waals surface area contributed by atoms with Crippen LogP contribution in [0.5, 0.6) is 5.75 Å². The molecule has 1 aromatic carbocycles. The summed E-state index contributed by atoms with van der Waals surface area (Å²) in [5, 5.41) is 6.52. The maximum atomic E-state index is 13.6. The predicted molar refractivity (Wildman–Crippen MR) is 101 cm³/mol. The van der Waals surface area contributed by atoms with Gasteiger partial charge in [-0.1, -0.05) is 12.1 Å². The largest absolute Gasteiger partial charge is 0.486 e. The van der Waals surface area contributed by atoms with Gasteiger partial charge in [-0.2, -0.15) is 0 Å². The van der Waals surface area contributed by atoms with Gasteiger partial charge in [0, 0.05) is 18.6 Å². The molecular formula is C19H31FN4O. The lowest BCUT2D eigenvalue weighted by Crippen LogP contribution is -2.43. The van der Waals surface area contributed by atoms with Gasteiger partial charge in [0.05, 0.1) is 13.1 Å². The van der Waals surface area contributed by atoms with Crippen molar-refractivity contribution in [1.29, 1.82) is 0 Å². The molecule has 0 bridgehead atoms. The van der Waals surface area contributed by atoms with Gasteiger partial charge in [-0.15, -0.1) is 0 Å². The van der Waals surface area contributed by atoms with Crippen LogP contribution in [0.2, 0.25) is 0 Å². The minimum absolute atomic E-state index is 0.174. The molecule has 1 fully saturated rings. The Labute approximate surface area is 150 Å². The topological polar surface area (TPSA) is 48.9 Å². The predicted octanol–water partition coefficient (Wildman–Crippen LogP) is 2.63. The van der Waals surface area contributed by atoms with Gasteiger partial charge < -0.3 is 15.4 Å². The van der Waals surface area contributed by atoms with Gasteiger partial charge in [0.25, 0.3) is 0 Å². The van der Waals surface area contributed by atoms with Gasteiger partial charge in [0.2, 0.25) is 0 Å². The molecule has 2 atom stereocenters. The Hall–Kier alpha value is -1.82. The summed E-state index contributed by atoms with van der Waals surface area (Å²) in [6.07, 6.45) is 2.42. The zero-order valence-corrected chi connectivity index (χ0v) is 15.8. The Morgan fingerprint density at radius 3 is 2.68 bits per heavy atom. The Bertz CT molecular complexity index is 562. The molecule has 2 N–H and O–H groups in total. The monoisotopic (exact) mass is 350 g/mol. The van der Waals surface area contributed by atoms with Gasteiger partial charge in [-0.3, -0.25) is 9.89 Å². The first-order valence-corrected chi connectivity index (χ1v) is 9.16. The van der Waals surface area contributed by atoms with E-state index in [0.29, 0.717) is 12.6 Å². The van der Waals surface area contributed by atoms with E-state index in [1.54, 1.807) is 18.2 Å². The highest BCUT2D eigenvalue weighted by Gasteiger charge is 2.28. The van der Waals surface area contributed by atoms with Crippen LogP contribution >= 0.6 is 0 Å². The average molecular weight is 350 g/mol. The molecule has 0 aromatic heterocycles. The van der Waals surface area contributed by atoms with Crippen LogP contribution < -0.4 is 15.4 Å². The number of nitrogens with zero attached hydrogens (tertiary/aromatic N) is 2. The normalized spacial score (nSPS) is 17.3. The van der Waals surface area contributed by atoms with Gasteiger partial charge in [-0.25, -0.2) is 4.39 Å². The molecule has 0 heterocycles. The van der Waals surface area contributed by atoms with E-state index < -0.39 is 0 Å². The molecule has 1 aromatic rings. The van der Waals surface area contributed by atoms with E-state index in [-0.39, 0.29) is 17.7 Å². The first-order chi connectivity index (χ1) is 12.0.